The van der Waals surface area contributed by atoms with Crippen LogP contribution in [0.3, 0.4) is 0 Å². The highest BCUT2D eigenvalue weighted by Crippen LogP contribution is 2.46. The maximum absolute atomic E-state index is 13.9. The molecule has 4 aromatic carbocycles. The van der Waals surface area contributed by atoms with Gasteiger partial charge in [0.25, 0.3) is 0 Å². The van der Waals surface area contributed by atoms with E-state index in [2.05, 4.69) is 39.7 Å². The van der Waals surface area contributed by atoms with Gasteiger partial charge in [0.15, 0.2) is 11.5 Å². The van der Waals surface area contributed by atoms with Gasteiger partial charge in [-0.05, 0) is 94.7 Å². The normalized spacial score (nSPS) is 15.5. The van der Waals surface area contributed by atoms with E-state index in [0.717, 1.165) is 25.8 Å². The van der Waals surface area contributed by atoms with Crippen LogP contribution in [0.5, 0.6) is 11.5 Å². The fourth-order valence-corrected chi connectivity index (χ4v) is 7.20. The summed E-state index contributed by atoms with van der Waals surface area (Å²) in [7, 11) is 3.18. The van der Waals surface area contributed by atoms with Crippen molar-refractivity contribution in [2.75, 3.05) is 25.7 Å². The Morgan fingerprint density at radius 3 is 2.26 bits per heavy atom. The topological polar surface area (TPSA) is 111 Å². The number of hydrogen-bond donors (Lipinski definition) is 2. The highest BCUT2D eigenvalue weighted by molar-refractivity contribution is 14.1. The van der Waals surface area contributed by atoms with Crippen LogP contribution < -0.4 is 25.4 Å². The number of thioether (sulfide) groups is 1. The van der Waals surface area contributed by atoms with Gasteiger partial charge in [0.1, 0.15) is 5.37 Å². The maximum atomic E-state index is 13.9. The second-order valence-corrected chi connectivity index (χ2v) is 12.9. The summed E-state index contributed by atoms with van der Waals surface area (Å²) in [6, 6.07) is 28.0. The molecule has 2 atom stereocenters. The molecule has 8 nitrogen and oxygen atoms in total. The minimum atomic E-state index is -0.624. The molecule has 1 heterocycles. The third kappa shape index (κ3) is 7.84. The molecule has 3 amide bonds. The molecule has 0 aliphatic carbocycles. The summed E-state index contributed by atoms with van der Waals surface area (Å²) >= 11 is 3.64. The quantitative estimate of drug-likeness (QED) is 0.159. The van der Waals surface area contributed by atoms with Crippen molar-refractivity contribution in [3.63, 3.8) is 0 Å². The maximum Gasteiger partial charge on any atom is 0.248 e. The lowest BCUT2D eigenvalue weighted by Gasteiger charge is -2.24. The molecule has 46 heavy (non-hydrogen) atoms. The van der Waals surface area contributed by atoms with E-state index in [4.69, 9.17) is 15.2 Å². The molecule has 5 rings (SSSR count). The van der Waals surface area contributed by atoms with Crippen LogP contribution >= 0.6 is 34.4 Å². The third-order valence-corrected chi connectivity index (χ3v) is 9.85. The summed E-state index contributed by atoms with van der Waals surface area (Å²) in [5.41, 5.74) is 10.0. The molecular formula is C36H32IN3O5S. The summed E-state index contributed by atoms with van der Waals surface area (Å²) in [5, 5.41) is 1.92. The molecule has 1 aliphatic heterocycles. The molecule has 1 fully saturated rings. The Morgan fingerprint density at radius 1 is 0.913 bits per heavy atom. The Hall–Kier alpha value is -4.47. The van der Waals surface area contributed by atoms with Crippen molar-refractivity contribution in [1.29, 1.82) is 0 Å². The van der Waals surface area contributed by atoms with E-state index in [-0.39, 0.29) is 18.2 Å². The number of hydrogen-bond acceptors (Lipinski definition) is 6. The van der Waals surface area contributed by atoms with Gasteiger partial charge in [-0.2, -0.15) is 0 Å². The molecule has 10 heteroatoms. The Kier molecular flexibility index (Phi) is 10.9. The lowest BCUT2D eigenvalue weighted by Crippen LogP contribution is -2.34. The molecule has 234 valence electrons. The van der Waals surface area contributed by atoms with Gasteiger partial charge in [0, 0.05) is 38.9 Å². The smallest absolute Gasteiger partial charge is 0.248 e. The Balaban J connectivity index is 1.31. The molecule has 1 saturated heterocycles. The average Bonchev–Trinajstić information content (AvgIpc) is 3.40. The van der Waals surface area contributed by atoms with Crippen molar-refractivity contribution >= 4 is 57.8 Å². The van der Waals surface area contributed by atoms with E-state index < -0.39 is 16.5 Å². The fraction of sp³-hybridized carbons (Fsp3) is 0.194. The number of nitrogens with two attached hydrogens (primary N) is 1. The zero-order valence-electron chi connectivity index (χ0n) is 25.3. The van der Waals surface area contributed by atoms with E-state index in [0.29, 0.717) is 35.7 Å². The van der Waals surface area contributed by atoms with Gasteiger partial charge in [0.2, 0.25) is 17.7 Å². The lowest BCUT2D eigenvalue weighted by atomic mass is 10.1. The molecule has 4 aromatic rings. The van der Waals surface area contributed by atoms with Crippen LogP contribution in [-0.2, 0) is 16.0 Å². The first kappa shape index (κ1) is 32.9. The van der Waals surface area contributed by atoms with Crippen molar-refractivity contribution in [3.05, 3.63) is 122 Å². The zero-order valence-corrected chi connectivity index (χ0v) is 28.3. The summed E-state index contributed by atoms with van der Waals surface area (Å²) < 4.78 is 11.8. The summed E-state index contributed by atoms with van der Waals surface area (Å²) in [5.74, 6) is 6.58. The summed E-state index contributed by atoms with van der Waals surface area (Å²) in [6.07, 6.45) is 0.597. The van der Waals surface area contributed by atoms with Crippen LogP contribution in [0.2, 0.25) is 0 Å². The highest BCUT2D eigenvalue weighted by atomic mass is 127. The van der Waals surface area contributed by atoms with Crippen molar-refractivity contribution in [2.45, 2.75) is 23.5 Å². The van der Waals surface area contributed by atoms with Gasteiger partial charge < -0.3 is 20.5 Å². The number of benzene rings is 4. The van der Waals surface area contributed by atoms with Crippen molar-refractivity contribution in [3.8, 4) is 23.3 Å². The Bertz CT molecular complexity index is 1800. The van der Waals surface area contributed by atoms with E-state index in [1.54, 1.807) is 43.4 Å². The zero-order chi connectivity index (χ0) is 32.6. The van der Waals surface area contributed by atoms with Gasteiger partial charge in [-0.3, -0.25) is 19.3 Å². The second-order valence-electron chi connectivity index (χ2n) is 10.4. The van der Waals surface area contributed by atoms with Crippen LogP contribution in [-0.4, -0.2) is 43.7 Å². The number of ether oxygens (including phenoxy) is 2. The van der Waals surface area contributed by atoms with Gasteiger partial charge in [0.05, 0.1) is 19.5 Å². The number of rotatable bonds is 10. The van der Waals surface area contributed by atoms with Gasteiger partial charge in [-0.1, -0.05) is 48.2 Å². The third-order valence-electron chi connectivity index (χ3n) is 7.41. The number of carbonyl (C=O) groups excluding carboxylic acids is 3. The molecule has 0 bridgehead atoms. The first-order valence-corrected chi connectivity index (χ1v) is 16.5. The first-order chi connectivity index (χ1) is 22.3. The number of nitrogens with one attached hydrogen (secondary N) is 1. The number of carbonyl (C=O) groups is 3. The lowest BCUT2D eigenvalue weighted by molar-refractivity contribution is -0.124. The molecule has 0 radical (unpaired) electrons. The Morgan fingerprint density at radius 2 is 1.59 bits per heavy atom. The standard InChI is InChI=1S/C36H32IN3O5S/c1-44-30-20-26(29(37)21-31(30)45-2)17-18-39-33(41)22-32-35(43)40(28-10-6-9-27(19-28)34(38)42)36(46-32)25-15-13-24(14-16-25)12-11-23-7-4-3-5-8-23/h3-10,13-16,19-21,32,36H,17-18,22H2,1-2H3,(H2,38,42)(H,39,41)/t32-,36+/m1/s1. The van der Waals surface area contributed by atoms with Crippen LogP contribution in [0.15, 0.2) is 91.0 Å². The van der Waals surface area contributed by atoms with Gasteiger partial charge in [-0.15, -0.1) is 11.8 Å². The number of halogens is 1. The van der Waals surface area contributed by atoms with Crippen LogP contribution in [0.4, 0.5) is 5.69 Å². The molecule has 0 unspecified atom stereocenters. The first-order valence-electron chi connectivity index (χ1n) is 14.5. The highest BCUT2D eigenvalue weighted by Gasteiger charge is 2.42. The largest absolute Gasteiger partial charge is 0.493 e. The van der Waals surface area contributed by atoms with E-state index >= 15 is 0 Å². The molecule has 0 saturated carbocycles. The number of amides is 3. The molecule has 0 spiro atoms. The van der Waals surface area contributed by atoms with Crippen LogP contribution in [0.25, 0.3) is 0 Å². The van der Waals surface area contributed by atoms with E-state index in [9.17, 15) is 14.4 Å². The molecular weight excluding hydrogens is 713 g/mol. The van der Waals surface area contributed by atoms with Gasteiger partial charge >= 0.3 is 0 Å². The van der Waals surface area contributed by atoms with E-state index in [1.165, 1.54) is 11.8 Å². The number of anilines is 1. The molecule has 3 N–H and O–H groups in total. The van der Waals surface area contributed by atoms with Gasteiger partial charge in [-0.25, -0.2) is 0 Å². The minimum Gasteiger partial charge on any atom is -0.493 e. The Labute approximate surface area is 286 Å². The predicted octanol–water partition coefficient (Wildman–Crippen LogP) is 5.70. The summed E-state index contributed by atoms with van der Waals surface area (Å²) in [4.78, 5) is 40.5. The molecule has 1 aliphatic rings. The SMILES string of the molecule is COc1cc(I)c(CCNC(=O)C[C@H]2S[C@@H](c3ccc(C#Cc4ccccc4)cc3)N(c3cccc(C(N)=O)c3)C2=O)cc1OC. The monoisotopic (exact) mass is 745 g/mol. The van der Waals surface area contributed by atoms with Crippen LogP contribution in [0, 0.1) is 15.4 Å². The van der Waals surface area contributed by atoms with Crippen molar-refractivity contribution in [2.24, 2.45) is 5.73 Å². The second kappa shape index (κ2) is 15.2. The van der Waals surface area contributed by atoms with Crippen molar-refractivity contribution in [1.82, 2.24) is 5.32 Å². The average molecular weight is 746 g/mol. The number of nitrogens with zero attached hydrogens (tertiary/aromatic N) is 1. The number of methoxy groups -OCH3 is 2. The fourth-order valence-electron chi connectivity index (χ4n) is 5.04. The predicted molar refractivity (Wildman–Crippen MR) is 189 cm³/mol. The van der Waals surface area contributed by atoms with Crippen LogP contribution in [0.1, 0.15) is 44.4 Å². The summed E-state index contributed by atoms with van der Waals surface area (Å²) in [6.45, 7) is 0.398. The minimum absolute atomic E-state index is 0.00959. The van der Waals surface area contributed by atoms with E-state index in [1.807, 2.05) is 66.7 Å². The molecule has 0 aromatic heterocycles. The van der Waals surface area contributed by atoms with Crippen molar-refractivity contribution < 1.29 is 23.9 Å². The number of primary amides is 1.